The molecule has 2 rings (SSSR count). The molecule has 19 heavy (non-hydrogen) atoms. The van der Waals surface area contributed by atoms with Crippen LogP contribution in [0.5, 0.6) is 5.75 Å². The zero-order valence-corrected chi connectivity index (χ0v) is 11.2. The Bertz CT molecular complexity index is 456. The van der Waals surface area contributed by atoms with Gasteiger partial charge in [0.2, 0.25) is 0 Å². The topological polar surface area (TPSA) is 21.3 Å². The second-order valence-corrected chi connectivity index (χ2v) is 5.57. The van der Waals surface area contributed by atoms with Crippen molar-refractivity contribution in [1.82, 2.24) is 5.32 Å². The van der Waals surface area contributed by atoms with E-state index >= 15 is 0 Å². The molecule has 0 aliphatic heterocycles. The van der Waals surface area contributed by atoms with Gasteiger partial charge in [0.05, 0.1) is 0 Å². The van der Waals surface area contributed by atoms with E-state index in [0.29, 0.717) is 6.04 Å². The van der Waals surface area contributed by atoms with E-state index in [1.807, 2.05) is 13.1 Å². The lowest BCUT2D eigenvalue weighted by atomic mass is 9.56. The van der Waals surface area contributed by atoms with Gasteiger partial charge in [-0.05, 0) is 42.5 Å². The highest BCUT2D eigenvalue weighted by Gasteiger charge is 2.47. The van der Waals surface area contributed by atoms with Crippen molar-refractivity contribution in [2.45, 2.75) is 38.6 Å². The third-order valence-electron chi connectivity index (χ3n) is 4.11. The summed E-state index contributed by atoms with van der Waals surface area (Å²) in [6, 6.07) is 6.69. The molecule has 106 valence electrons. The van der Waals surface area contributed by atoms with Crippen LogP contribution in [0.15, 0.2) is 24.3 Å². The van der Waals surface area contributed by atoms with E-state index in [4.69, 9.17) is 0 Å². The molecule has 2 atom stereocenters. The SMILES string of the molecule is CNC1CC(c2cccc(OC(F)(F)F)c2)C1(C)C. The molecule has 1 fully saturated rings. The third-order valence-corrected chi connectivity index (χ3v) is 4.11. The molecule has 0 heterocycles. The summed E-state index contributed by atoms with van der Waals surface area (Å²) in [7, 11) is 1.91. The van der Waals surface area contributed by atoms with Crippen molar-refractivity contribution >= 4 is 0 Å². The van der Waals surface area contributed by atoms with Crippen LogP contribution in [0.2, 0.25) is 0 Å². The highest BCUT2D eigenvalue weighted by molar-refractivity contribution is 5.34. The monoisotopic (exact) mass is 273 g/mol. The number of rotatable bonds is 3. The van der Waals surface area contributed by atoms with Crippen molar-refractivity contribution in [1.29, 1.82) is 0 Å². The zero-order valence-electron chi connectivity index (χ0n) is 11.2. The second-order valence-electron chi connectivity index (χ2n) is 5.57. The van der Waals surface area contributed by atoms with Crippen molar-refractivity contribution in [2.75, 3.05) is 7.05 Å². The predicted octanol–water partition coefficient (Wildman–Crippen LogP) is 3.69. The van der Waals surface area contributed by atoms with Crippen LogP contribution >= 0.6 is 0 Å². The molecule has 0 bridgehead atoms. The number of nitrogens with one attached hydrogen (secondary N) is 1. The summed E-state index contributed by atoms with van der Waals surface area (Å²) >= 11 is 0. The summed E-state index contributed by atoms with van der Waals surface area (Å²) in [5.41, 5.74) is 0.934. The number of halogens is 3. The molecule has 0 radical (unpaired) electrons. The van der Waals surface area contributed by atoms with Crippen LogP contribution < -0.4 is 10.1 Å². The van der Waals surface area contributed by atoms with Crippen LogP contribution in [-0.4, -0.2) is 19.5 Å². The molecule has 2 nitrogen and oxygen atoms in total. The summed E-state index contributed by atoms with van der Waals surface area (Å²) in [4.78, 5) is 0. The van der Waals surface area contributed by atoms with E-state index in [-0.39, 0.29) is 17.1 Å². The standard InChI is InChI=1S/C14H18F3NO/c1-13(2)11(8-12(13)18-3)9-5-4-6-10(7-9)19-14(15,16)17/h4-7,11-12,18H,8H2,1-3H3. The van der Waals surface area contributed by atoms with E-state index in [1.54, 1.807) is 6.07 Å². The summed E-state index contributed by atoms with van der Waals surface area (Å²) in [5.74, 6) is 0.107. The quantitative estimate of drug-likeness (QED) is 0.907. The van der Waals surface area contributed by atoms with E-state index < -0.39 is 6.36 Å². The smallest absolute Gasteiger partial charge is 0.406 e. The molecule has 0 aromatic heterocycles. The lowest BCUT2D eigenvalue weighted by Crippen LogP contribution is -2.54. The van der Waals surface area contributed by atoms with Crippen LogP contribution in [0.25, 0.3) is 0 Å². The Kier molecular flexibility index (Phi) is 3.51. The first kappa shape index (κ1) is 14.2. The maximum atomic E-state index is 12.2. The van der Waals surface area contributed by atoms with E-state index in [1.165, 1.54) is 12.1 Å². The Hall–Kier alpha value is -1.23. The highest BCUT2D eigenvalue weighted by Crippen LogP contribution is 2.52. The maximum Gasteiger partial charge on any atom is 0.573 e. The van der Waals surface area contributed by atoms with Gasteiger partial charge in [-0.25, -0.2) is 0 Å². The fourth-order valence-corrected chi connectivity index (χ4v) is 2.91. The molecule has 1 aliphatic carbocycles. The molecule has 1 N–H and O–H groups in total. The molecule has 0 amide bonds. The van der Waals surface area contributed by atoms with Gasteiger partial charge in [0, 0.05) is 6.04 Å². The summed E-state index contributed by atoms with van der Waals surface area (Å²) in [6.45, 7) is 4.25. The van der Waals surface area contributed by atoms with Crippen molar-refractivity contribution in [2.24, 2.45) is 5.41 Å². The zero-order chi connectivity index (χ0) is 14.3. The van der Waals surface area contributed by atoms with Crippen molar-refractivity contribution in [3.05, 3.63) is 29.8 Å². The largest absolute Gasteiger partial charge is 0.573 e. The number of benzene rings is 1. The molecular weight excluding hydrogens is 255 g/mol. The molecule has 2 unspecified atom stereocenters. The van der Waals surface area contributed by atoms with Crippen LogP contribution in [0, 0.1) is 5.41 Å². The average molecular weight is 273 g/mol. The fraction of sp³-hybridized carbons (Fsp3) is 0.571. The molecule has 0 spiro atoms. The predicted molar refractivity (Wildman–Crippen MR) is 67.1 cm³/mol. The summed E-state index contributed by atoms with van der Waals surface area (Å²) in [5, 5.41) is 3.23. The Morgan fingerprint density at radius 3 is 2.53 bits per heavy atom. The molecule has 0 saturated heterocycles. The molecule has 1 aromatic carbocycles. The van der Waals surface area contributed by atoms with Crippen LogP contribution in [0.3, 0.4) is 0 Å². The Labute approximate surface area is 111 Å². The Morgan fingerprint density at radius 2 is 2.00 bits per heavy atom. The lowest BCUT2D eigenvalue weighted by molar-refractivity contribution is -0.274. The summed E-state index contributed by atoms with van der Waals surface area (Å²) in [6.07, 6.45) is -3.71. The number of ether oxygens (including phenoxy) is 1. The van der Waals surface area contributed by atoms with Crippen LogP contribution in [0.4, 0.5) is 13.2 Å². The van der Waals surface area contributed by atoms with E-state index in [9.17, 15) is 13.2 Å². The van der Waals surface area contributed by atoms with Gasteiger partial charge in [-0.3, -0.25) is 0 Å². The highest BCUT2D eigenvalue weighted by atomic mass is 19.4. The van der Waals surface area contributed by atoms with Gasteiger partial charge in [-0.1, -0.05) is 26.0 Å². The van der Waals surface area contributed by atoms with Gasteiger partial charge in [0.1, 0.15) is 5.75 Å². The molecule has 1 aliphatic rings. The lowest BCUT2D eigenvalue weighted by Gasteiger charge is -2.52. The molecule has 1 saturated carbocycles. The van der Waals surface area contributed by atoms with Crippen molar-refractivity contribution in [3.8, 4) is 5.75 Å². The molecular formula is C14H18F3NO. The Morgan fingerprint density at radius 1 is 1.32 bits per heavy atom. The van der Waals surface area contributed by atoms with Crippen LogP contribution in [0.1, 0.15) is 31.7 Å². The van der Waals surface area contributed by atoms with Gasteiger partial charge in [-0.15, -0.1) is 13.2 Å². The molecule has 1 aromatic rings. The van der Waals surface area contributed by atoms with Crippen molar-refractivity contribution in [3.63, 3.8) is 0 Å². The van der Waals surface area contributed by atoms with Gasteiger partial charge in [0.25, 0.3) is 0 Å². The van der Waals surface area contributed by atoms with Gasteiger partial charge in [-0.2, -0.15) is 0 Å². The minimum Gasteiger partial charge on any atom is -0.406 e. The van der Waals surface area contributed by atoms with Gasteiger partial charge in [0.15, 0.2) is 0 Å². The van der Waals surface area contributed by atoms with Gasteiger partial charge < -0.3 is 10.1 Å². The van der Waals surface area contributed by atoms with E-state index in [2.05, 4.69) is 23.9 Å². The van der Waals surface area contributed by atoms with Gasteiger partial charge >= 0.3 is 6.36 Å². The average Bonchev–Trinajstić information content (AvgIpc) is 2.26. The minimum atomic E-state index is -4.64. The first-order valence-corrected chi connectivity index (χ1v) is 6.27. The first-order chi connectivity index (χ1) is 8.74. The van der Waals surface area contributed by atoms with Crippen LogP contribution in [-0.2, 0) is 0 Å². The normalized spacial score (nSPS) is 25.8. The number of hydrogen-bond donors (Lipinski definition) is 1. The first-order valence-electron chi connectivity index (χ1n) is 6.27. The fourth-order valence-electron chi connectivity index (χ4n) is 2.91. The molecule has 5 heteroatoms. The van der Waals surface area contributed by atoms with Crippen molar-refractivity contribution < 1.29 is 17.9 Å². The Balaban J connectivity index is 2.17. The number of alkyl halides is 3. The summed E-state index contributed by atoms with van der Waals surface area (Å²) < 4.78 is 40.6. The van der Waals surface area contributed by atoms with E-state index in [0.717, 1.165) is 12.0 Å². The third kappa shape index (κ3) is 2.86. The second kappa shape index (κ2) is 4.71. The number of hydrogen-bond acceptors (Lipinski definition) is 2. The maximum absolute atomic E-state index is 12.2. The minimum absolute atomic E-state index is 0.0333.